The number of fused-ring (bicyclic) bond motifs is 1. The number of hydrogen-bond donors (Lipinski definition) is 1. The topological polar surface area (TPSA) is 64.7 Å². The summed E-state index contributed by atoms with van der Waals surface area (Å²) in [5, 5.41) is 0. The lowest BCUT2D eigenvalue weighted by atomic mass is 10.3. The van der Waals surface area contributed by atoms with Crippen molar-refractivity contribution in [3.05, 3.63) is 57.6 Å². The molecule has 0 saturated carbocycles. The molecule has 0 saturated heterocycles. The third kappa shape index (κ3) is 2.44. The van der Waals surface area contributed by atoms with E-state index in [1.807, 2.05) is 31.2 Å². The van der Waals surface area contributed by atoms with Crippen LogP contribution in [0.3, 0.4) is 0 Å². The molecule has 1 aromatic carbocycles. The molecule has 0 spiro atoms. The first-order valence-corrected chi connectivity index (χ1v) is 7.14. The molecule has 0 fully saturated rings. The largest absolute Gasteiger partial charge is 0.328 e. The van der Waals surface area contributed by atoms with E-state index in [0.29, 0.717) is 19.6 Å². The molecule has 2 aromatic heterocycles. The smallest absolute Gasteiger partial charge is 0.306 e. The fourth-order valence-corrected chi connectivity index (χ4v) is 2.59. The van der Waals surface area contributed by atoms with E-state index < -0.39 is 0 Å². The lowest BCUT2D eigenvalue weighted by Gasteiger charge is -2.04. The van der Waals surface area contributed by atoms with Crippen LogP contribution in [0.15, 0.2) is 46.2 Å². The number of hydrogen-bond acceptors (Lipinski definition) is 2. The number of imidazole rings is 2. The molecule has 3 aromatic rings. The van der Waals surface area contributed by atoms with Crippen molar-refractivity contribution in [2.75, 3.05) is 0 Å². The minimum absolute atomic E-state index is 0.00349. The number of nitrogens with zero attached hydrogens (tertiary/aromatic N) is 3. The first-order valence-electron chi connectivity index (χ1n) is 7.14. The van der Waals surface area contributed by atoms with Crippen LogP contribution in [0, 0.1) is 0 Å². The molecule has 0 unspecified atom stereocenters. The fourth-order valence-electron chi connectivity index (χ4n) is 2.59. The molecule has 0 aliphatic heterocycles. The summed E-state index contributed by atoms with van der Waals surface area (Å²) < 4.78 is 5.07. The summed E-state index contributed by atoms with van der Waals surface area (Å²) in [6, 6.07) is 7.62. The molecule has 0 bridgehead atoms. The van der Waals surface area contributed by atoms with Gasteiger partial charge in [-0.05, 0) is 25.5 Å². The second-order valence-corrected chi connectivity index (χ2v) is 5.01. The van der Waals surface area contributed by atoms with Gasteiger partial charge >= 0.3 is 11.4 Å². The van der Waals surface area contributed by atoms with Crippen molar-refractivity contribution in [1.29, 1.82) is 0 Å². The Morgan fingerprint density at radius 3 is 2.57 bits per heavy atom. The monoisotopic (exact) mass is 286 g/mol. The Balaban J connectivity index is 1.75. The van der Waals surface area contributed by atoms with Gasteiger partial charge in [0.15, 0.2) is 0 Å². The van der Waals surface area contributed by atoms with Crippen LogP contribution in [0.5, 0.6) is 0 Å². The minimum atomic E-state index is -0.102. The molecule has 0 atom stereocenters. The van der Waals surface area contributed by atoms with Gasteiger partial charge in [-0.3, -0.25) is 13.7 Å². The van der Waals surface area contributed by atoms with E-state index >= 15 is 0 Å². The van der Waals surface area contributed by atoms with E-state index in [-0.39, 0.29) is 11.4 Å². The standard InChI is InChI=1S/C15H18N4O2/c1-2-17-10-11-18(15(17)21)8-5-9-19-13-7-4-3-6-12(13)16-14(19)20/h3-4,6-7,10-11H,2,5,8-9H2,1H3,(H,16,20). The zero-order valence-corrected chi connectivity index (χ0v) is 12.0. The maximum atomic E-state index is 11.9. The molecule has 3 rings (SSSR count). The third-order valence-corrected chi connectivity index (χ3v) is 3.72. The molecular formula is C15H18N4O2. The molecule has 0 aliphatic rings. The van der Waals surface area contributed by atoms with Crippen molar-refractivity contribution in [3.8, 4) is 0 Å². The maximum Gasteiger partial charge on any atom is 0.328 e. The summed E-state index contributed by atoms with van der Waals surface area (Å²) in [5.74, 6) is 0. The van der Waals surface area contributed by atoms with Crippen molar-refractivity contribution in [3.63, 3.8) is 0 Å². The molecule has 6 nitrogen and oxygen atoms in total. The van der Waals surface area contributed by atoms with E-state index in [0.717, 1.165) is 17.5 Å². The van der Waals surface area contributed by atoms with E-state index in [1.165, 1.54) is 0 Å². The number of nitrogens with one attached hydrogen (secondary N) is 1. The summed E-state index contributed by atoms with van der Waals surface area (Å²) in [4.78, 5) is 26.7. The Hall–Kier alpha value is -2.50. The average Bonchev–Trinajstić information content (AvgIpc) is 3.00. The summed E-state index contributed by atoms with van der Waals surface area (Å²) in [5.41, 5.74) is 1.65. The zero-order chi connectivity index (χ0) is 14.8. The fraction of sp³-hybridized carbons (Fsp3) is 0.333. The molecule has 1 N–H and O–H groups in total. The summed E-state index contributed by atoms with van der Waals surface area (Å²) >= 11 is 0. The molecule has 6 heteroatoms. The molecule has 110 valence electrons. The molecule has 0 radical (unpaired) electrons. The molecular weight excluding hydrogens is 268 g/mol. The van der Waals surface area contributed by atoms with Crippen LogP contribution in [-0.4, -0.2) is 18.7 Å². The SMILES string of the molecule is CCn1ccn(CCCn2c(=O)[nH]c3ccccc32)c1=O. The van der Waals surface area contributed by atoms with Crippen LogP contribution >= 0.6 is 0 Å². The zero-order valence-electron chi connectivity index (χ0n) is 12.0. The van der Waals surface area contributed by atoms with Crippen LogP contribution in [0.4, 0.5) is 0 Å². The summed E-state index contributed by atoms with van der Waals surface area (Å²) in [6.07, 6.45) is 4.32. The minimum Gasteiger partial charge on any atom is -0.306 e. The Labute approximate surface area is 121 Å². The number of H-pyrrole nitrogens is 1. The van der Waals surface area contributed by atoms with Gasteiger partial charge in [-0.2, -0.15) is 0 Å². The quantitative estimate of drug-likeness (QED) is 0.770. The van der Waals surface area contributed by atoms with Crippen molar-refractivity contribution in [2.24, 2.45) is 0 Å². The Kier molecular flexibility index (Phi) is 3.51. The van der Waals surface area contributed by atoms with E-state index in [1.54, 1.807) is 26.1 Å². The Bertz CT molecular complexity index is 866. The van der Waals surface area contributed by atoms with Crippen LogP contribution in [0.1, 0.15) is 13.3 Å². The summed E-state index contributed by atoms with van der Waals surface area (Å²) in [7, 11) is 0. The lowest BCUT2D eigenvalue weighted by Crippen LogP contribution is -2.24. The van der Waals surface area contributed by atoms with Crippen LogP contribution in [0.2, 0.25) is 0 Å². The van der Waals surface area contributed by atoms with E-state index in [2.05, 4.69) is 4.98 Å². The van der Waals surface area contributed by atoms with Gasteiger partial charge in [0.25, 0.3) is 0 Å². The second-order valence-electron chi connectivity index (χ2n) is 5.01. The molecule has 21 heavy (non-hydrogen) atoms. The first-order chi connectivity index (χ1) is 10.2. The van der Waals surface area contributed by atoms with Crippen LogP contribution in [0.25, 0.3) is 11.0 Å². The highest BCUT2D eigenvalue weighted by Gasteiger charge is 2.06. The maximum absolute atomic E-state index is 11.9. The van der Waals surface area contributed by atoms with Gasteiger partial charge < -0.3 is 4.98 Å². The average molecular weight is 286 g/mol. The summed E-state index contributed by atoms with van der Waals surface area (Å²) in [6.45, 7) is 3.81. The number of para-hydroxylation sites is 2. The van der Waals surface area contributed by atoms with Gasteiger partial charge in [0.05, 0.1) is 11.0 Å². The Morgan fingerprint density at radius 2 is 1.81 bits per heavy atom. The molecule has 2 heterocycles. The van der Waals surface area contributed by atoms with Gasteiger partial charge in [-0.15, -0.1) is 0 Å². The van der Waals surface area contributed by atoms with Crippen molar-refractivity contribution >= 4 is 11.0 Å². The van der Waals surface area contributed by atoms with Gasteiger partial charge in [-0.25, -0.2) is 9.59 Å². The van der Waals surface area contributed by atoms with Gasteiger partial charge in [-0.1, -0.05) is 12.1 Å². The van der Waals surface area contributed by atoms with Crippen molar-refractivity contribution in [1.82, 2.24) is 18.7 Å². The molecule has 0 aliphatic carbocycles. The third-order valence-electron chi connectivity index (χ3n) is 3.72. The second kappa shape index (κ2) is 5.47. The van der Waals surface area contributed by atoms with Gasteiger partial charge in [0.1, 0.15) is 0 Å². The number of aromatic nitrogens is 4. The number of rotatable bonds is 5. The highest BCUT2D eigenvalue weighted by molar-refractivity contribution is 5.74. The van der Waals surface area contributed by atoms with Crippen molar-refractivity contribution in [2.45, 2.75) is 33.0 Å². The van der Waals surface area contributed by atoms with Crippen LogP contribution < -0.4 is 11.4 Å². The van der Waals surface area contributed by atoms with Gasteiger partial charge in [0.2, 0.25) is 0 Å². The predicted molar refractivity (Wildman–Crippen MR) is 81.5 cm³/mol. The predicted octanol–water partition coefficient (Wildman–Crippen LogP) is 1.40. The first kappa shape index (κ1) is 13.5. The Morgan fingerprint density at radius 1 is 1.05 bits per heavy atom. The van der Waals surface area contributed by atoms with Crippen molar-refractivity contribution < 1.29 is 0 Å². The molecule has 0 amide bonds. The van der Waals surface area contributed by atoms with Gasteiger partial charge in [0, 0.05) is 32.0 Å². The van der Waals surface area contributed by atoms with E-state index in [9.17, 15) is 9.59 Å². The van der Waals surface area contributed by atoms with Crippen LogP contribution in [-0.2, 0) is 19.6 Å². The van der Waals surface area contributed by atoms with E-state index in [4.69, 9.17) is 0 Å². The number of benzene rings is 1. The lowest BCUT2D eigenvalue weighted by molar-refractivity contribution is 0.542. The number of aryl methyl sites for hydroxylation is 3. The highest BCUT2D eigenvalue weighted by Crippen LogP contribution is 2.09. The normalized spacial score (nSPS) is 11.3. The highest BCUT2D eigenvalue weighted by atomic mass is 16.2. The number of aromatic amines is 1.